The molecule has 0 aliphatic rings. The Hall–Kier alpha value is -3.95. The van der Waals surface area contributed by atoms with Crippen molar-refractivity contribution in [3.63, 3.8) is 0 Å². The van der Waals surface area contributed by atoms with E-state index < -0.39 is 17.8 Å². The molecule has 0 aliphatic heterocycles. The molecule has 34 heavy (non-hydrogen) atoms. The smallest absolute Gasteiger partial charge is 0.433 e. The summed E-state index contributed by atoms with van der Waals surface area (Å²) in [5, 5.41) is 0. The maximum Gasteiger partial charge on any atom is 0.433 e. The van der Waals surface area contributed by atoms with Crippen molar-refractivity contribution in [2.24, 2.45) is 7.05 Å². The third-order valence-electron chi connectivity index (χ3n) is 5.20. The standard InChI is InChI=1S/C24H20F4N4O2/c1-14-22(32(2)23(31-14)16-5-9-21(25)30-12-16)18-7-6-17(10-19(18)33-3)34-13-15-4-8-20(29-11-15)24(26,27)28/h4-12H,13H2,1-3H3. The molecule has 3 aromatic heterocycles. The van der Waals surface area contributed by atoms with Gasteiger partial charge in [-0.1, -0.05) is 6.07 Å². The number of nitrogens with zero attached hydrogens (tertiary/aromatic N) is 4. The fraction of sp³-hybridized carbons (Fsp3) is 0.208. The van der Waals surface area contributed by atoms with Gasteiger partial charge in [0.25, 0.3) is 0 Å². The van der Waals surface area contributed by atoms with Crippen molar-refractivity contribution >= 4 is 0 Å². The van der Waals surface area contributed by atoms with Crippen molar-refractivity contribution in [3.8, 4) is 34.1 Å². The van der Waals surface area contributed by atoms with Crippen LogP contribution >= 0.6 is 0 Å². The van der Waals surface area contributed by atoms with Crippen LogP contribution in [-0.4, -0.2) is 26.6 Å². The number of hydrogen-bond acceptors (Lipinski definition) is 5. The summed E-state index contributed by atoms with van der Waals surface area (Å²) < 4.78 is 64.4. The maximum atomic E-state index is 13.2. The number of benzene rings is 1. The first-order valence-electron chi connectivity index (χ1n) is 10.2. The molecular formula is C24H20F4N4O2. The van der Waals surface area contributed by atoms with Gasteiger partial charge in [-0.2, -0.15) is 17.6 Å². The first kappa shape index (κ1) is 23.2. The zero-order chi connectivity index (χ0) is 24.5. The Morgan fingerprint density at radius 2 is 1.79 bits per heavy atom. The van der Waals surface area contributed by atoms with E-state index in [1.165, 1.54) is 25.4 Å². The van der Waals surface area contributed by atoms with Gasteiger partial charge in [-0.3, -0.25) is 4.98 Å². The Morgan fingerprint density at radius 1 is 1.00 bits per heavy atom. The zero-order valence-electron chi connectivity index (χ0n) is 18.5. The average molecular weight is 472 g/mol. The molecule has 176 valence electrons. The van der Waals surface area contributed by atoms with Gasteiger partial charge in [-0.15, -0.1) is 0 Å². The number of aryl methyl sites for hydroxylation is 1. The molecule has 0 amide bonds. The number of aromatic nitrogens is 4. The molecule has 0 spiro atoms. The summed E-state index contributed by atoms with van der Waals surface area (Å²) in [6, 6.07) is 10.4. The van der Waals surface area contributed by atoms with Crippen molar-refractivity contribution in [2.45, 2.75) is 19.7 Å². The van der Waals surface area contributed by atoms with Crippen LogP contribution in [0.3, 0.4) is 0 Å². The molecule has 4 rings (SSSR count). The van der Waals surface area contributed by atoms with E-state index in [4.69, 9.17) is 9.47 Å². The predicted molar refractivity (Wildman–Crippen MR) is 117 cm³/mol. The zero-order valence-corrected chi connectivity index (χ0v) is 18.5. The largest absolute Gasteiger partial charge is 0.496 e. The lowest BCUT2D eigenvalue weighted by Gasteiger charge is -2.14. The molecule has 6 nitrogen and oxygen atoms in total. The molecule has 3 heterocycles. The highest BCUT2D eigenvalue weighted by atomic mass is 19.4. The van der Waals surface area contributed by atoms with Crippen molar-refractivity contribution in [1.29, 1.82) is 0 Å². The van der Waals surface area contributed by atoms with Crippen molar-refractivity contribution < 1.29 is 27.0 Å². The highest BCUT2D eigenvalue weighted by molar-refractivity contribution is 5.74. The number of rotatable bonds is 6. The summed E-state index contributed by atoms with van der Waals surface area (Å²) in [7, 11) is 3.37. The SMILES string of the molecule is COc1cc(OCc2ccc(C(F)(F)F)nc2)ccc1-c1c(C)nc(-c2ccc(F)nc2)n1C. The van der Waals surface area contributed by atoms with Crippen molar-refractivity contribution in [1.82, 2.24) is 19.5 Å². The van der Waals surface area contributed by atoms with Crippen LogP contribution in [0.15, 0.2) is 54.9 Å². The molecular weight excluding hydrogens is 452 g/mol. The minimum atomic E-state index is -4.49. The summed E-state index contributed by atoms with van der Waals surface area (Å²) >= 11 is 0. The van der Waals surface area contributed by atoms with Gasteiger partial charge in [0, 0.05) is 42.2 Å². The topological polar surface area (TPSA) is 62.1 Å². The number of hydrogen-bond donors (Lipinski definition) is 0. The van der Waals surface area contributed by atoms with E-state index in [9.17, 15) is 17.6 Å². The van der Waals surface area contributed by atoms with Gasteiger partial charge in [0.2, 0.25) is 5.95 Å². The minimum Gasteiger partial charge on any atom is -0.496 e. The number of alkyl halides is 3. The average Bonchev–Trinajstić information content (AvgIpc) is 3.11. The van der Waals surface area contributed by atoms with Crippen LogP contribution in [0.25, 0.3) is 22.6 Å². The minimum absolute atomic E-state index is 0.0418. The molecule has 0 N–H and O–H groups in total. The van der Waals surface area contributed by atoms with Crippen molar-refractivity contribution in [2.75, 3.05) is 7.11 Å². The number of methoxy groups -OCH3 is 1. The van der Waals surface area contributed by atoms with E-state index in [0.29, 0.717) is 28.5 Å². The monoisotopic (exact) mass is 472 g/mol. The summed E-state index contributed by atoms with van der Waals surface area (Å²) in [5.41, 5.74) is 2.52. The first-order chi connectivity index (χ1) is 16.2. The fourth-order valence-electron chi connectivity index (χ4n) is 3.58. The van der Waals surface area contributed by atoms with Crippen LogP contribution in [0, 0.1) is 12.9 Å². The van der Waals surface area contributed by atoms with Crippen LogP contribution < -0.4 is 9.47 Å². The molecule has 0 saturated carbocycles. The first-order valence-corrected chi connectivity index (χ1v) is 10.2. The molecule has 0 unspecified atom stereocenters. The van der Waals surface area contributed by atoms with E-state index in [-0.39, 0.29) is 6.61 Å². The Morgan fingerprint density at radius 3 is 2.41 bits per heavy atom. The molecule has 0 aliphatic carbocycles. The summed E-state index contributed by atoms with van der Waals surface area (Å²) in [4.78, 5) is 11.7. The molecule has 0 fully saturated rings. The van der Waals surface area contributed by atoms with E-state index in [0.717, 1.165) is 29.2 Å². The van der Waals surface area contributed by atoms with Crippen LogP contribution in [0.1, 0.15) is 17.0 Å². The van der Waals surface area contributed by atoms with Crippen molar-refractivity contribution in [3.05, 3.63) is 77.8 Å². The summed E-state index contributed by atoms with van der Waals surface area (Å²) in [6.07, 6.45) is -1.93. The quantitative estimate of drug-likeness (QED) is 0.270. The van der Waals surface area contributed by atoms with Gasteiger partial charge in [-0.05, 0) is 37.3 Å². The Kier molecular flexibility index (Phi) is 6.23. The Bertz CT molecular complexity index is 1300. The Labute approximate surface area is 192 Å². The van der Waals surface area contributed by atoms with Crippen LogP contribution in [0.5, 0.6) is 11.5 Å². The maximum absolute atomic E-state index is 13.2. The second kappa shape index (κ2) is 9.12. The fourth-order valence-corrected chi connectivity index (χ4v) is 3.58. The van der Waals surface area contributed by atoms with Crippen LogP contribution in [-0.2, 0) is 19.8 Å². The lowest BCUT2D eigenvalue weighted by Crippen LogP contribution is -2.08. The Balaban J connectivity index is 1.58. The molecule has 1 aromatic carbocycles. The predicted octanol–water partition coefficient (Wildman–Crippen LogP) is 5.60. The van der Waals surface area contributed by atoms with E-state index in [1.807, 2.05) is 24.6 Å². The van der Waals surface area contributed by atoms with Gasteiger partial charge < -0.3 is 14.0 Å². The number of ether oxygens (including phenoxy) is 2. The number of imidazole rings is 1. The third kappa shape index (κ3) is 4.70. The molecule has 0 saturated heterocycles. The van der Waals surface area contributed by atoms with E-state index in [1.54, 1.807) is 18.2 Å². The highest BCUT2D eigenvalue weighted by Gasteiger charge is 2.32. The van der Waals surface area contributed by atoms with Gasteiger partial charge in [-0.25, -0.2) is 9.97 Å². The highest BCUT2D eigenvalue weighted by Crippen LogP contribution is 2.37. The number of halogens is 4. The van der Waals surface area contributed by atoms with Gasteiger partial charge in [0.05, 0.1) is 18.5 Å². The lowest BCUT2D eigenvalue weighted by molar-refractivity contribution is -0.141. The van der Waals surface area contributed by atoms with Gasteiger partial charge >= 0.3 is 6.18 Å². The normalized spacial score (nSPS) is 11.5. The second-order valence-electron chi connectivity index (χ2n) is 7.50. The summed E-state index contributed by atoms with van der Waals surface area (Å²) in [5.74, 6) is 1.05. The second-order valence-corrected chi connectivity index (χ2v) is 7.50. The van der Waals surface area contributed by atoms with Crippen LogP contribution in [0.4, 0.5) is 17.6 Å². The molecule has 0 bridgehead atoms. The lowest BCUT2D eigenvalue weighted by atomic mass is 10.1. The summed E-state index contributed by atoms with van der Waals surface area (Å²) in [6.45, 7) is 1.90. The van der Waals surface area contributed by atoms with Gasteiger partial charge in [0.1, 0.15) is 29.6 Å². The van der Waals surface area contributed by atoms with Gasteiger partial charge in [0.15, 0.2) is 0 Å². The molecule has 10 heteroatoms. The number of pyridine rings is 2. The molecule has 0 radical (unpaired) electrons. The molecule has 0 atom stereocenters. The van der Waals surface area contributed by atoms with E-state index >= 15 is 0 Å². The third-order valence-corrected chi connectivity index (χ3v) is 5.20. The van der Waals surface area contributed by atoms with Crippen LogP contribution in [0.2, 0.25) is 0 Å². The van der Waals surface area contributed by atoms with E-state index in [2.05, 4.69) is 15.0 Å². The molecule has 4 aromatic rings.